The van der Waals surface area contributed by atoms with Crippen LogP contribution < -0.4 is 5.32 Å². The summed E-state index contributed by atoms with van der Waals surface area (Å²) in [6.07, 6.45) is 10.8. The average Bonchev–Trinajstić information content (AvgIpc) is 2.37. The van der Waals surface area contributed by atoms with Crippen molar-refractivity contribution in [3.8, 4) is 0 Å². The van der Waals surface area contributed by atoms with Gasteiger partial charge in [-0.25, -0.2) is 0 Å². The molecular formula is C13H22N2O. The van der Waals surface area contributed by atoms with Gasteiger partial charge in [0.2, 0.25) is 0 Å². The second-order valence-corrected chi connectivity index (χ2v) is 4.60. The number of hydrogen-bond acceptors (Lipinski definition) is 3. The van der Waals surface area contributed by atoms with E-state index < -0.39 is 0 Å². The lowest BCUT2D eigenvalue weighted by Gasteiger charge is -2.18. The summed E-state index contributed by atoms with van der Waals surface area (Å²) in [4.78, 5) is 4.38. The van der Waals surface area contributed by atoms with Gasteiger partial charge in [-0.3, -0.25) is 4.99 Å². The van der Waals surface area contributed by atoms with Crippen LogP contribution in [0.2, 0.25) is 0 Å². The molecule has 0 unspecified atom stereocenters. The van der Waals surface area contributed by atoms with Crippen LogP contribution in [-0.2, 0) is 4.74 Å². The summed E-state index contributed by atoms with van der Waals surface area (Å²) in [5.74, 6) is 1.88. The van der Waals surface area contributed by atoms with E-state index in [-0.39, 0.29) is 0 Å². The molecule has 3 heteroatoms. The molecule has 0 bridgehead atoms. The lowest BCUT2D eigenvalue weighted by molar-refractivity contribution is 0.149. The fraction of sp³-hybridized carbons (Fsp3) is 0.769. The van der Waals surface area contributed by atoms with E-state index in [1.54, 1.807) is 0 Å². The number of aliphatic imine (C=N–C) groups is 1. The Morgan fingerprint density at radius 3 is 3.19 bits per heavy atom. The van der Waals surface area contributed by atoms with Crippen LogP contribution in [0.25, 0.3) is 0 Å². The summed E-state index contributed by atoms with van der Waals surface area (Å²) >= 11 is 0. The van der Waals surface area contributed by atoms with Gasteiger partial charge in [0.25, 0.3) is 0 Å². The molecule has 1 aliphatic heterocycles. The van der Waals surface area contributed by atoms with Crippen molar-refractivity contribution in [2.24, 2.45) is 10.9 Å². The largest absolute Gasteiger partial charge is 0.374 e. The third-order valence-corrected chi connectivity index (χ3v) is 3.25. The minimum absolute atomic E-state index is 0.669. The van der Waals surface area contributed by atoms with Crippen LogP contribution in [0.3, 0.4) is 0 Å². The maximum Gasteiger partial charge on any atom is 0.123 e. The van der Waals surface area contributed by atoms with Gasteiger partial charge < -0.3 is 10.1 Å². The van der Waals surface area contributed by atoms with Crippen LogP contribution in [0.4, 0.5) is 0 Å². The monoisotopic (exact) mass is 222 g/mol. The highest BCUT2D eigenvalue weighted by atomic mass is 16.5. The van der Waals surface area contributed by atoms with Crippen LogP contribution in [-0.4, -0.2) is 32.1 Å². The molecule has 0 aromatic heterocycles. The average molecular weight is 222 g/mol. The number of nitrogens with zero attached hydrogens (tertiary/aromatic N) is 1. The Morgan fingerprint density at radius 2 is 2.44 bits per heavy atom. The standard InChI is InChI=1S/C13H22N2O/c1-2-5-12(6-3-1)7-10-16-11-13-14-8-4-9-15-13/h1-2,12H,3-11H2,(H,14,15)/t12-/m0/s1. The third-order valence-electron chi connectivity index (χ3n) is 3.25. The summed E-state index contributed by atoms with van der Waals surface area (Å²) in [6.45, 7) is 3.55. The SMILES string of the molecule is C1=CC[C@H](CCOCC2=NCCCN2)CC1. The van der Waals surface area contributed by atoms with Crippen LogP contribution >= 0.6 is 0 Å². The first-order valence-corrected chi connectivity index (χ1v) is 6.45. The van der Waals surface area contributed by atoms with Crippen molar-refractivity contribution in [3.63, 3.8) is 0 Å². The van der Waals surface area contributed by atoms with Crippen LogP contribution in [0.15, 0.2) is 17.1 Å². The normalized spacial score (nSPS) is 25.0. The predicted octanol–water partition coefficient (Wildman–Crippen LogP) is 2.14. The number of rotatable bonds is 5. The summed E-state index contributed by atoms with van der Waals surface area (Å²) in [6, 6.07) is 0. The Hall–Kier alpha value is -0.830. The Kier molecular flexibility index (Phi) is 4.87. The molecule has 0 aromatic carbocycles. The maximum atomic E-state index is 5.66. The number of nitrogens with one attached hydrogen (secondary N) is 1. The number of hydrogen-bond donors (Lipinski definition) is 1. The van der Waals surface area contributed by atoms with Gasteiger partial charge in [-0.1, -0.05) is 12.2 Å². The molecule has 16 heavy (non-hydrogen) atoms. The van der Waals surface area contributed by atoms with Gasteiger partial charge in [-0.2, -0.15) is 0 Å². The van der Waals surface area contributed by atoms with Gasteiger partial charge in [-0.15, -0.1) is 0 Å². The van der Waals surface area contributed by atoms with E-state index in [4.69, 9.17) is 4.74 Å². The Bertz CT molecular complexity index is 261. The highest BCUT2D eigenvalue weighted by Crippen LogP contribution is 2.21. The van der Waals surface area contributed by atoms with Gasteiger partial charge in [0.05, 0.1) is 0 Å². The van der Waals surface area contributed by atoms with E-state index >= 15 is 0 Å². The van der Waals surface area contributed by atoms with Crippen LogP contribution in [0, 0.1) is 5.92 Å². The van der Waals surface area contributed by atoms with Crippen molar-refractivity contribution in [1.29, 1.82) is 0 Å². The van der Waals surface area contributed by atoms with Crippen molar-refractivity contribution in [1.82, 2.24) is 5.32 Å². The molecule has 2 aliphatic rings. The van der Waals surface area contributed by atoms with Gasteiger partial charge >= 0.3 is 0 Å². The minimum Gasteiger partial charge on any atom is -0.374 e. The fourth-order valence-electron chi connectivity index (χ4n) is 2.22. The topological polar surface area (TPSA) is 33.6 Å². The van der Waals surface area contributed by atoms with Gasteiger partial charge in [0.1, 0.15) is 12.4 Å². The van der Waals surface area contributed by atoms with Crippen molar-refractivity contribution < 1.29 is 4.74 Å². The molecular weight excluding hydrogens is 200 g/mol. The van der Waals surface area contributed by atoms with E-state index in [0.717, 1.165) is 37.9 Å². The second-order valence-electron chi connectivity index (χ2n) is 4.60. The second kappa shape index (κ2) is 6.69. The quantitative estimate of drug-likeness (QED) is 0.571. The number of amidine groups is 1. The molecule has 0 fully saturated rings. The highest BCUT2D eigenvalue weighted by Gasteiger charge is 2.10. The molecule has 0 spiro atoms. The molecule has 3 nitrogen and oxygen atoms in total. The molecule has 0 aromatic rings. The molecule has 1 N–H and O–H groups in total. The van der Waals surface area contributed by atoms with Crippen LogP contribution in [0.5, 0.6) is 0 Å². The molecule has 0 radical (unpaired) electrons. The van der Waals surface area contributed by atoms with Crippen molar-refractivity contribution in [2.45, 2.75) is 32.1 Å². The van der Waals surface area contributed by atoms with Crippen molar-refractivity contribution in [3.05, 3.63) is 12.2 Å². The zero-order valence-corrected chi connectivity index (χ0v) is 9.95. The molecule has 2 rings (SSSR count). The Morgan fingerprint density at radius 1 is 1.44 bits per heavy atom. The van der Waals surface area contributed by atoms with E-state index in [1.165, 1.54) is 25.7 Å². The first kappa shape index (κ1) is 11.6. The zero-order valence-electron chi connectivity index (χ0n) is 9.95. The van der Waals surface area contributed by atoms with Gasteiger partial charge in [0.15, 0.2) is 0 Å². The first-order valence-electron chi connectivity index (χ1n) is 6.45. The molecule has 1 aliphatic carbocycles. The maximum absolute atomic E-state index is 5.66. The molecule has 90 valence electrons. The highest BCUT2D eigenvalue weighted by molar-refractivity contribution is 5.83. The van der Waals surface area contributed by atoms with Crippen LogP contribution in [0.1, 0.15) is 32.1 Å². The number of allylic oxidation sites excluding steroid dienone is 2. The Balaban J connectivity index is 1.54. The minimum atomic E-state index is 0.669. The Labute approximate surface area is 98.0 Å². The van der Waals surface area contributed by atoms with Gasteiger partial charge in [-0.05, 0) is 38.0 Å². The third kappa shape index (κ3) is 3.97. The van der Waals surface area contributed by atoms with E-state index in [2.05, 4.69) is 22.5 Å². The summed E-state index contributed by atoms with van der Waals surface area (Å²) in [5.41, 5.74) is 0. The molecule has 1 atom stereocenters. The summed E-state index contributed by atoms with van der Waals surface area (Å²) in [5, 5.41) is 3.27. The van der Waals surface area contributed by atoms with Gasteiger partial charge in [0, 0.05) is 19.7 Å². The molecule has 0 saturated carbocycles. The smallest absolute Gasteiger partial charge is 0.123 e. The number of ether oxygens (including phenoxy) is 1. The molecule has 0 amide bonds. The summed E-state index contributed by atoms with van der Waals surface area (Å²) < 4.78 is 5.66. The van der Waals surface area contributed by atoms with E-state index in [1.807, 2.05) is 0 Å². The van der Waals surface area contributed by atoms with Crippen molar-refractivity contribution in [2.75, 3.05) is 26.3 Å². The van der Waals surface area contributed by atoms with E-state index in [0.29, 0.717) is 6.61 Å². The lowest BCUT2D eigenvalue weighted by Crippen LogP contribution is -2.33. The fourth-order valence-corrected chi connectivity index (χ4v) is 2.22. The van der Waals surface area contributed by atoms with E-state index in [9.17, 15) is 0 Å². The lowest BCUT2D eigenvalue weighted by atomic mass is 9.92. The van der Waals surface area contributed by atoms with Crippen molar-refractivity contribution >= 4 is 5.84 Å². The molecule has 1 heterocycles. The first-order chi connectivity index (χ1) is 7.95. The summed E-state index contributed by atoms with van der Waals surface area (Å²) in [7, 11) is 0. The predicted molar refractivity (Wildman–Crippen MR) is 66.8 cm³/mol. The molecule has 0 saturated heterocycles. The zero-order chi connectivity index (χ0) is 11.1.